The first kappa shape index (κ1) is 17.5. The SMILES string of the molecule is COc1ccc(CNC(=S)N(C)CC(=O)N2CCOCC2)cc1. The van der Waals surface area contributed by atoms with Crippen molar-refractivity contribution in [2.45, 2.75) is 6.54 Å². The molecule has 6 nitrogen and oxygen atoms in total. The highest BCUT2D eigenvalue weighted by Crippen LogP contribution is 2.11. The zero-order valence-corrected chi connectivity index (χ0v) is 14.4. The molecule has 1 saturated heterocycles. The van der Waals surface area contributed by atoms with Gasteiger partial charge in [-0.2, -0.15) is 0 Å². The Morgan fingerprint density at radius 2 is 2.00 bits per heavy atom. The van der Waals surface area contributed by atoms with Gasteiger partial charge in [-0.25, -0.2) is 0 Å². The second kappa shape index (κ2) is 8.69. The Balaban J connectivity index is 1.76. The van der Waals surface area contributed by atoms with Crippen molar-refractivity contribution in [1.82, 2.24) is 15.1 Å². The Labute approximate surface area is 142 Å². The lowest BCUT2D eigenvalue weighted by molar-refractivity contribution is -0.135. The lowest BCUT2D eigenvalue weighted by Gasteiger charge is -2.29. The molecule has 1 aliphatic rings. The average molecular weight is 337 g/mol. The summed E-state index contributed by atoms with van der Waals surface area (Å²) in [7, 11) is 3.46. The summed E-state index contributed by atoms with van der Waals surface area (Å²) in [6, 6.07) is 7.78. The van der Waals surface area contributed by atoms with Crippen LogP contribution in [0.3, 0.4) is 0 Å². The first-order valence-electron chi connectivity index (χ1n) is 7.57. The number of thiocarbonyl (C=S) groups is 1. The number of likely N-dealkylation sites (N-methyl/N-ethyl adjacent to an activating group) is 1. The number of morpholine rings is 1. The molecule has 0 aromatic heterocycles. The number of methoxy groups -OCH3 is 1. The number of carbonyl (C=O) groups excluding carboxylic acids is 1. The van der Waals surface area contributed by atoms with E-state index in [1.165, 1.54) is 0 Å². The van der Waals surface area contributed by atoms with E-state index in [9.17, 15) is 4.79 Å². The van der Waals surface area contributed by atoms with Crippen molar-refractivity contribution in [2.75, 3.05) is 47.0 Å². The maximum absolute atomic E-state index is 12.2. The van der Waals surface area contributed by atoms with E-state index >= 15 is 0 Å². The number of nitrogens with one attached hydrogen (secondary N) is 1. The van der Waals surface area contributed by atoms with Crippen molar-refractivity contribution in [1.29, 1.82) is 0 Å². The Bertz CT molecular complexity index is 530. The molecular weight excluding hydrogens is 314 g/mol. The molecule has 1 fully saturated rings. The van der Waals surface area contributed by atoms with Crippen molar-refractivity contribution in [3.8, 4) is 5.75 Å². The molecule has 1 aliphatic heterocycles. The third-order valence-corrected chi connectivity index (χ3v) is 4.14. The molecule has 126 valence electrons. The van der Waals surface area contributed by atoms with Gasteiger partial charge in [-0.3, -0.25) is 4.79 Å². The minimum atomic E-state index is 0.0735. The smallest absolute Gasteiger partial charge is 0.242 e. The van der Waals surface area contributed by atoms with Gasteiger partial charge < -0.3 is 24.6 Å². The number of benzene rings is 1. The van der Waals surface area contributed by atoms with Crippen LogP contribution in [0.2, 0.25) is 0 Å². The maximum Gasteiger partial charge on any atom is 0.242 e. The first-order valence-corrected chi connectivity index (χ1v) is 7.98. The van der Waals surface area contributed by atoms with Crippen LogP contribution in [0.1, 0.15) is 5.56 Å². The van der Waals surface area contributed by atoms with Gasteiger partial charge in [-0.1, -0.05) is 12.1 Å². The van der Waals surface area contributed by atoms with E-state index in [1.54, 1.807) is 12.0 Å². The van der Waals surface area contributed by atoms with E-state index in [0.29, 0.717) is 38.0 Å². The van der Waals surface area contributed by atoms with Crippen LogP contribution in [-0.4, -0.2) is 67.8 Å². The van der Waals surface area contributed by atoms with Gasteiger partial charge in [0.2, 0.25) is 5.91 Å². The number of hydrogen-bond acceptors (Lipinski definition) is 4. The van der Waals surface area contributed by atoms with E-state index in [2.05, 4.69) is 5.32 Å². The third-order valence-electron chi connectivity index (χ3n) is 3.69. The molecule has 0 radical (unpaired) electrons. The summed E-state index contributed by atoms with van der Waals surface area (Å²) >= 11 is 5.34. The highest BCUT2D eigenvalue weighted by atomic mass is 32.1. The van der Waals surface area contributed by atoms with Gasteiger partial charge >= 0.3 is 0 Å². The van der Waals surface area contributed by atoms with Gasteiger partial charge in [0.1, 0.15) is 5.75 Å². The van der Waals surface area contributed by atoms with Crippen molar-refractivity contribution < 1.29 is 14.3 Å². The number of carbonyl (C=O) groups is 1. The molecule has 1 aromatic carbocycles. The molecule has 1 heterocycles. The number of ether oxygens (including phenoxy) is 2. The molecule has 23 heavy (non-hydrogen) atoms. The largest absolute Gasteiger partial charge is 0.497 e. The molecule has 1 aromatic rings. The zero-order chi connectivity index (χ0) is 16.7. The number of rotatable bonds is 5. The van der Waals surface area contributed by atoms with Gasteiger partial charge in [-0.15, -0.1) is 0 Å². The van der Waals surface area contributed by atoms with Gasteiger partial charge in [-0.05, 0) is 29.9 Å². The number of amides is 1. The quantitative estimate of drug-likeness (QED) is 0.805. The Hall–Kier alpha value is -1.86. The molecule has 0 aliphatic carbocycles. The van der Waals surface area contributed by atoms with Crippen molar-refractivity contribution >= 4 is 23.2 Å². The van der Waals surface area contributed by atoms with Crippen LogP contribution in [0.4, 0.5) is 0 Å². The van der Waals surface area contributed by atoms with Crippen molar-refractivity contribution in [2.24, 2.45) is 0 Å². The summed E-state index contributed by atoms with van der Waals surface area (Å²) in [6.07, 6.45) is 0. The van der Waals surface area contributed by atoms with E-state index in [4.69, 9.17) is 21.7 Å². The zero-order valence-electron chi connectivity index (χ0n) is 13.6. The molecule has 0 spiro atoms. The minimum absolute atomic E-state index is 0.0735. The molecule has 2 rings (SSSR count). The van der Waals surface area contributed by atoms with Crippen LogP contribution in [0.5, 0.6) is 5.75 Å². The topological polar surface area (TPSA) is 54.0 Å². The van der Waals surface area contributed by atoms with E-state index in [0.717, 1.165) is 11.3 Å². The standard InChI is InChI=1S/C16H23N3O3S/c1-18(12-15(20)19-7-9-22-10-8-19)16(23)17-11-13-3-5-14(21-2)6-4-13/h3-6H,7-12H2,1-2H3,(H,17,23). The second-order valence-electron chi connectivity index (χ2n) is 5.36. The highest BCUT2D eigenvalue weighted by Gasteiger charge is 2.19. The van der Waals surface area contributed by atoms with E-state index in [-0.39, 0.29) is 12.5 Å². The van der Waals surface area contributed by atoms with Gasteiger partial charge in [0.15, 0.2) is 5.11 Å². The molecule has 0 unspecified atom stereocenters. The average Bonchev–Trinajstić information content (AvgIpc) is 2.60. The van der Waals surface area contributed by atoms with Crippen LogP contribution in [0.15, 0.2) is 24.3 Å². The van der Waals surface area contributed by atoms with Gasteiger partial charge in [0, 0.05) is 26.7 Å². The van der Waals surface area contributed by atoms with Crippen LogP contribution in [-0.2, 0) is 16.1 Å². The first-order chi connectivity index (χ1) is 11.1. The summed E-state index contributed by atoms with van der Waals surface area (Å²) in [6.45, 7) is 3.40. The number of nitrogens with zero attached hydrogens (tertiary/aromatic N) is 2. The molecular formula is C16H23N3O3S. The van der Waals surface area contributed by atoms with Crippen molar-refractivity contribution in [3.05, 3.63) is 29.8 Å². The summed E-state index contributed by atoms with van der Waals surface area (Å²) in [5, 5.41) is 3.72. The molecule has 1 N–H and O–H groups in total. The lowest BCUT2D eigenvalue weighted by Crippen LogP contribution is -2.47. The van der Waals surface area contributed by atoms with Crippen LogP contribution >= 0.6 is 12.2 Å². The van der Waals surface area contributed by atoms with Crippen LogP contribution in [0.25, 0.3) is 0 Å². The predicted octanol–water partition coefficient (Wildman–Crippen LogP) is 0.860. The molecule has 0 bridgehead atoms. The van der Waals surface area contributed by atoms with E-state index < -0.39 is 0 Å². The second-order valence-corrected chi connectivity index (χ2v) is 5.74. The van der Waals surface area contributed by atoms with Crippen LogP contribution < -0.4 is 10.1 Å². The normalized spacial score (nSPS) is 14.3. The fourth-order valence-electron chi connectivity index (χ4n) is 2.24. The monoisotopic (exact) mass is 337 g/mol. The highest BCUT2D eigenvalue weighted by molar-refractivity contribution is 7.80. The lowest BCUT2D eigenvalue weighted by atomic mass is 10.2. The predicted molar refractivity (Wildman–Crippen MR) is 92.5 cm³/mol. The Morgan fingerprint density at radius 1 is 1.35 bits per heavy atom. The number of hydrogen-bond donors (Lipinski definition) is 1. The van der Waals surface area contributed by atoms with E-state index in [1.807, 2.05) is 36.2 Å². The Morgan fingerprint density at radius 3 is 2.61 bits per heavy atom. The van der Waals surface area contributed by atoms with Crippen LogP contribution in [0, 0.1) is 0 Å². The van der Waals surface area contributed by atoms with Crippen molar-refractivity contribution in [3.63, 3.8) is 0 Å². The summed E-state index contributed by atoms with van der Waals surface area (Å²) in [4.78, 5) is 15.8. The Kier molecular flexibility index (Phi) is 6.61. The summed E-state index contributed by atoms with van der Waals surface area (Å²) < 4.78 is 10.4. The minimum Gasteiger partial charge on any atom is -0.497 e. The molecule has 0 saturated carbocycles. The molecule has 0 atom stereocenters. The van der Waals surface area contributed by atoms with Gasteiger partial charge in [0.05, 0.1) is 26.9 Å². The summed E-state index contributed by atoms with van der Waals surface area (Å²) in [5.74, 6) is 0.897. The maximum atomic E-state index is 12.2. The molecule has 7 heteroatoms. The third kappa shape index (κ3) is 5.37. The fraction of sp³-hybridized carbons (Fsp3) is 0.500. The van der Waals surface area contributed by atoms with Gasteiger partial charge in [0.25, 0.3) is 0 Å². The fourth-order valence-corrected chi connectivity index (χ4v) is 2.38. The molecule has 1 amide bonds. The summed E-state index contributed by atoms with van der Waals surface area (Å²) in [5.41, 5.74) is 1.10.